The van der Waals surface area contributed by atoms with Gasteiger partial charge < -0.3 is 71.4 Å². The molecule has 0 spiro atoms. The van der Waals surface area contributed by atoms with Crippen LogP contribution in [0.1, 0.15) is 209 Å². The number of unbranched alkanes of at least 4 members (excludes halogenated alkanes) is 1. The average Bonchev–Trinajstić information content (AvgIpc) is 0.846. The Morgan fingerprint density at radius 1 is 0.470 bits per heavy atom. The van der Waals surface area contributed by atoms with Gasteiger partial charge in [-0.05, 0) is 105 Å². The molecule has 13 atom stereocenters. The van der Waals surface area contributed by atoms with E-state index in [9.17, 15) is 67.4 Å². The summed E-state index contributed by atoms with van der Waals surface area (Å²) in [6.45, 7) is 17.8. The van der Waals surface area contributed by atoms with Crippen molar-refractivity contribution in [2.45, 2.75) is 247 Å². The number of rotatable bonds is 31. The molecule has 31 nitrogen and oxygen atoms in total. The number of benzene rings is 2. The minimum atomic E-state index is -1.88. The fourth-order valence-electron chi connectivity index (χ4n) is 14.0. The molecule has 0 bridgehead atoms. The molecule has 1 aliphatic rings. The summed E-state index contributed by atoms with van der Waals surface area (Å²) < 4.78 is 0. The molecule has 32 heteroatoms. The number of amides is 7. The van der Waals surface area contributed by atoms with Crippen LogP contribution in [0, 0.1) is 70.5 Å². The zero-order valence-electron chi connectivity index (χ0n) is 68.8. The van der Waals surface area contributed by atoms with E-state index in [1.165, 1.54) is 0 Å². The number of carbonyl (C=O) groups is 15. The predicted octanol–water partition coefficient (Wildman–Crippen LogP) is 4.94. The first-order valence-corrected chi connectivity index (χ1v) is 41.4. The molecule has 2 aromatic rings. The van der Waals surface area contributed by atoms with Crippen LogP contribution in [-0.2, 0) is 84.8 Å². The van der Waals surface area contributed by atoms with Crippen LogP contribution < -0.4 is 66.3 Å². The first kappa shape index (κ1) is 99.4. The Morgan fingerprint density at radius 2 is 0.913 bits per heavy atom. The van der Waals surface area contributed by atoms with Gasteiger partial charge in [0.1, 0.15) is 17.6 Å². The predicted molar refractivity (Wildman–Crippen MR) is 442 cm³/mol. The average molecular weight is 1630 g/mol. The zero-order chi connectivity index (χ0) is 86.2. The molecule has 1 fully saturated rings. The van der Waals surface area contributed by atoms with Crippen LogP contribution in [0.3, 0.4) is 0 Å². The minimum absolute atomic E-state index is 0.00115. The van der Waals surface area contributed by atoms with Gasteiger partial charge in [0, 0.05) is 112 Å². The van der Waals surface area contributed by atoms with E-state index < -0.39 is 216 Å². The Morgan fingerprint density at radius 3 is 1.43 bits per heavy atom. The van der Waals surface area contributed by atoms with Crippen LogP contribution in [0.15, 0.2) is 70.6 Å². The molecule has 0 radical (unpaired) electrons. The first-order valence-electron chi connectivity index (χ1n) is 40.3. The zero-order valence-corrected chi connectivity index (χ0v) is 69.6. The van der Waals surface area contributed by atoms with Crippen molar-refractivity contribution in [3.8, 4) is 0 Å². The van der Waals surface area contributed by atoms with Gasteiger partial charge >= 0.3 is 5.97 Å². The van der Waals surface area contributed by atoms with Crippen molar-refractivity contribution in [3.63, 3.8) is 0 Å². The number of primary amides is 1. The van der Waals surface area contributed by atoms with Crippen LogP contribution in [0.2, 0.25) is 0 Å². The molecular formula is C83H129N15O16S. The van der Waals surface area contributed by atoms with Gasteiger partial charge in [-0.15, -0.1) is 11.8 Å². The maximum atomic E-state index is 15.1. The normalized spacial score (nSPS) is 23.8. The molecule has 3 rings (SSSR count). The third-order valence-electron chi connectivity index (χ3n) is 20.7. The highest BCUT2D eigenvalue weighted by atomic mass is 32.2. The number of amidine groups is 1. The fourth-order valence-corrected chi connectivity index (χ4v) is 14.9. The molecule has 7 amide bonds. The second-order valence-electron chi connectivity index (χ2n) is 32.1. The van der Waals surface area contributed by atoms with Crippen molar-refractivity contribution < 1.29 is 77.0 Å². The van der Waals surface area contributed by atoms with E-state index >= 15 is 9.59 Å². The number of nitrogens with two attached hydrogens (primary N) is 6. The fraction of sp³-hybridized carbons (Fsp3) is 0.639. The van der Waals surface area contributed by atoms with E-state index in [-0.39, 0.29) is 144 Å². The molecular weight excluding hydrogens is 1500 g/mol. The molecule has 0 aromatic heterocycles. The number of aliphatic imine (C=N–C) groups is 2. The smallest absolute Gasteiger partial charge is 0.305 e. The minimum Gasteiger partial charge on any atom is -0.481 e. The van der Waals surface area contributed by atoms with Gasteiger partial charge in [0.15, 0.2) is 40.8 Å². The van der Waals surface area contributed by atoms with Gasteiger partial charge in [0.2, 0.25) is 41.4 Å². The Labute approximate surface area is 681 Å². The summed E-state index contributed by atoms with van der Waals surface area (Å²) in [7, 11) is 0. The third kappa shape index (κ3) is 38.5. The van der Waals surface area contributed by atoms with Crippen LogP contribution in [-0.4, -0.2) is 172 Å². The number of carboxylic acid groups (broad SMARTS) is 1. The van der Waals surface area contributed by atoms with Crippen LogP contribution >= 0.6 is 11.8 Å². The highest BCUT2D eigenvalue weighted by molar-refractivity contribution is 8.00. The lowest BCUT2D eigenvalue weighted by Crippen LogP contribution is -2.54. The van der Waals surface area contributed by atoms with Gasteiger partial charge in [-0.3, -0.25) is 87.3 Å². The lowest BCUT2D eigenvalue weighted by molar-refractivity contribution is -0.142. The standard InChI is InChI=1S/C83H129N15O16S/c1-11-51(10)59-43-68(101)57(49(6)7)41-72(105)61(35-48(4)5)95-79(112)56(34-47(2)3)40-70(103)62(36-52-22-14-12-15-23-52)93-75(107)46-115-45-65(66(99)30-31-74(86)106)98-78(111)55(27-20-32-91-82(87)88)39-69(102)63(37-53-24-16-13-17-25-53)96-80(113)58(50(8)9)42-71(104)60(28-21-33-92-83(89)90)94-81(114)64(44-76(108)109)97-77(110)54(38-67(59)100)26-18-19-29-73(84)85/h12-17,22-25,47-51,54-65H,11,18-21,26-46H2,1-10H3,(H3,84,85)(H2,86,106)(H,93,107)(H,94,114)(H,95,112)(H,96,113)(H,97,110)(H,98,111)(H,108,109)(H4,87,88,91)(H4,89,90,92)/t51-,54+,55+,56+,57-,58-,59-,60-,61-,62-,63-,64-,65-/m0/s1. The Kier molecular flexibility index (Phi) is 44.9. The third-order valence-corrected chi connectivity index (χ3v) is 21.8. The highest BCUT2D eigenvalue weighted by Crippen LogP contribution is 2.31. The number of Topliss-reactive ketones (excluding diaryl/α,β-unsaturated/α-hetero) is 7. The molecule has 2 aromatic carbocycles. The first-order chi connectivity index (χ1) is 54.2. The van der Waals surface area contributed by atoms with Gasteiger partial charge in [0.05, 0.1) is 48.2 Å². The maximum Gasteiger partial charge on any atom is 0.305 e. The topological polar surface area (TPSA) is 553 Å². The number of carbonyl (C=O) groups excluding carboxylic acids is 14. The lowest BCUT2D eigenvalue weighted by Gasteiger charge is -2.29. The number of hydrogen-bond acceptors (Lipinski definition) is 19. The van der Waals surface area contributed by atoms with Crippen molar-refractivity contribution in [2.24, 2.45) is 109 Å². The van der Waals surface area contributed by atoms with Gasteiger partial charge in [-0.1, -0.05) is 143 Å². The summed E-state index contributed by atoms with van der Waals surface area (Å²) >= 11 is 0.912. The van der Waals surface area contributed by atoms with Crippen molar-refractivity contribution in [3.05, 3.63) is 71.8 Å². The van der Waals surface area contributed by atoms with E-state index in [0.29, 0.717) is 24.0 Å². The quantitative estimate of drug-likeness (QED) is 0.0270. The van der Waals surface area contributed by atoms with E-state index in [2.05, 4.69) is 41.9 Å². The highest BCUT2D eigenvalue weighted by Gasteiger charge is 2.40. The van der Waals surface area contributed by atoms with Gasteiger partial charge in [0.25, 0.3) is 0 Å². The second-order valence-corrected chi connectivity index (χ2v) is 33.1. The molecule has 1 saturated heterocycles. The van der Waals surface area contributed by atoms with Crippen molar-refractivity contribution in [2.75, 3.05) is 24.6 Å². The molecule has 0 aliphatic carbocycles. The van der Waals surface area contributed by atoms with Gasteiger partial charge in [-0.25, -0.2) is 0 Å². The maximum absolute atomic E-state index is 15.1. The SMILES string of the molecule is CC[C@H](C)[C@@H]1CC(=O)[C@H](C(C)C)CC(=O)[C@H](CC(C)C)NC(=O)[C@H](CC(C)C)CC(=O)[C@H](Cc2ccccc2)NC(=O)CSC[C@@H](C(=O)CCC(N)=O)NC(=O)[C@H](CCCN=C(N)N)CC(=O)[C@H](Cc2ccccc2)NC(=O)[C@H](C(C)C)CC(=O)[C@H](CCCN=C(N)N)NC(=O)[C@H](CC(=O)O)NC(=O)[C@H](CCCCC(=N)N)CC1=O. The van der Waals surface area contributed by atoms with Crippen LogP contribution in [0.5, 0.6) is 0 Å². The number of hydrogen-bond donors (Lipinski definition) is 14. The summed E-state index contributed by atoms with van der Waals surface area (Å²) in [5.74, 6) is -21.3. The van der Waals surface area contributed by atoms with Crippen LogP contribution in [0.25, 0.3) is 0 Å². The molecule has 115 heavy (non-hydrogen) atoms. The van der Waals surface area contributed by atoms with Gasteiger partial charge in [-0.2, -0.15) is 0 Å². The number of nitrogens with one attached hydrogen (secondary N) is 7. The number of ketones is 7. The molecule has 638 valence electrons. The Balaban J connectivity index is 2.39. The van der Waals surface area contributed by atoms with Crippen LogP contribution in [0.4, 0.5) is 0 Å². The van der Waals surface area contributed by atoms with Crippen molar-refractivity contribution in [1.29, 1.82) is 5.41 Å². The summed E-state index contributed by atoms with van der Waals surface area (Å²) in [4.78, 5) is 225. The van der Waals surface area contributed by atoms with E-state index in [4.69, 9.17) is 39.8 Å². The number of thioether (sulfide) groups is 1. The number of nitrogens with zero attached hydrogens (tertiary/aromatic N) is 2. The van der Waals surface area contributed by atoms with E-state index in [1.54, 1.807) is 95.3 Å². The lowest BCUT2D eigenvalue weighted by atomic mass is 9.76. The molecule has 0 saturated carbocycles. The molecule has 0 unspecified atom stereocenters. The van der Waals surface area contributed by atoms with E-state index in [0.717, 1.165) is 11.8 Å². The van der Waals surface area contributed by atoms with E-state index in [1.807, 2.05) is 34.6 Å². The number of guanidine groups is 2. The second kappa shape index (κ2) is 52.0. The Hall–Kier alpha value is -9.75. The number of carboxylic acids is 1. The van der Waals surface area contributed by atoms with Crippen molar-refractivity contribution in [1.82, 2.24) is 31.9 Å². The Bertz CT molecular complexity index is 3660. The number of aliphatic carboxylic acids is 1. The largest absolute Gasteiger partial charge is 0.481 e. The molecule has 20 N–H and O–H groups in total. The summed E-state index contributed by atoms with van der Waals surface area (Å²) in [5, 5.41) is 34.7. The monoisotopic (exact) mass is 1620 g/mol. The summed E-state index contributed by atoms with van der Waals surface area (Å²) in [6.07, 6.45) is -3.46. The summed E-state index contributed by atoms with van der Waals surface area (Å²) in [6, 6.07) is 8.87. The van der Waals surface area contributed by atoms with Crippen molar-refractivity contribution >= 4 is 117 Å². The summed E-state index contributed by atoms with van der Waals surface area (Å²) in [5.41, 5.74) is 35.0. The molecule has 1 heterocycles. The molecule has 1 aliphatic heterocycles.